The molecule has 0 aliphatic carbocycles. The number of fused-ring (bicyclic) bond motifs is 1. The number of alkyl halides is 1. The van der Waals surface area contributed by atoms with Crippen molar-refractivity contribution < 1.29 is 4.39 Å². The summed E-state index contributed by atoms with van der Waals surface area (Å²) in [7, 11) is 0. The molecule has 21 heavy (non-hydrogen) atoms. The molecule has 0 spiro atoms. The van der Waals surface area contributed by atoms with E-state index in [0.29, 0.717) is 39.4 Å². The Labute approximate surface area is 142 Å². The van der Waals surface area contributed by atoms with Gasteiger partial charge in [-0.1, -0.05) is 6.07 Å². The summed E-state index contributed by atoms with van der Waals surface area (Å²) in [5.41, 5.74) is 1.69. The molecule has 0 N–H and O–H groups in total. The molecule has 2 heterocycles. The Hall–Kier alpha value is -0.980. The van der Waals surface area contributed by atoms with Crippen molar-refractivity contribution in [1.29, 1.82) is 0 Å². The molecule has 3 aromatic rings. The Kier molecular flexibility index (Phi) is 4.28. The Morgan fingerprint density at radius 3 is 2.81 bits per heavy atom. The summed E-state index contributed by atoms with van der Waals surface area (Å²) < 4.78 is 17.5. The standard InChI is InChI=1S/C14H9Br2ClFN3/c15-8-6-11-14(19-7-8)21(12(20-11)4-5-17)13-9(16)2-1-3-10(13)18/h1-3,6-7H,4-5H2. The summed E-state index contributed by atoms with van der Waals surface area (Å²) in [6.07, 6.45) is 2.19. The molecule has 0 bridgehead atoms. The lowest BCUT2D eigenvalue weighted by molar-refractivity contribution is 0.615. The highest BCUT2D eigenvalue weighted by atomic mass is 79.9. The number of aryl methyl sites for hydroxylation is 1. The van der Waals surface area contributed by atoms with Crippen LogP contribution in [0, 0.1) is 5.82 Å². The minimum absolute atomic E-state index is 0.343. The maximum atomic E-state index is 14.3. The second kappa shape index (κ2) is 6.02. The highest BCUT2D eigenvalue weighted by molar-refractivity contribution is 9.10. The van der Waals surface area contributed by atoms with E-state index in [1.54, 1.807) is 22.9 Å². The Morgan fingerprint density at radius 1 is 1.29 bits per heavy atom. The molecule has 7 heteroatoms. The molecule has 0 aliphatic rings. The fourth-order valence-corrected chi connectivity index (χ4v) is 3.18. The number of para-hydroxylation sites is 1. The Morgan fingerprint density at radius 2 is 2.10 bits per heavy atom. The van der Waals surface area contributed by atoms with Crippen LogP contribution in [-0.2, 0) is 6.42 Å². The van der Waals surface area contributed by atoms with Crippen LogP contribution in [0.5, 0.6) is 0 Å². The number of halogens is 4. The zero-order chi connectivity index (χ0) is 15.0. The van der Waals surface area contributed by atoms with E-state index in [4.69, 9.17) is 11.6 Å². The molecule has 0 saturated carbocycles. The molecule has 0 saturated heterocycles. The Balaban J connectivity index is 2.36. The minimum atomic E-state index is -0.343. The second-order valence-electron chi connectivity index (χ2n) is 4.37. The number of rotatable bonds is 3. The van der Waals surface area contributed by atoms with Crippen LogP contribution in [0.4, 0.5) is 4.39 Å². The van der Waals surface area contributed by atoms with E-state index in [9.17, 15) is 4.39 Å². The number of nitrogens with zero attached hydrogens (tertiary/aromatic N) is 3. The van der Waals surface area contributed by atoms with Gasteiger partial charge in [0.2, 0.25) is 0 Å². The summed E-state index contributed by atoms with van der Waals surface area (Å²) in [5.74, 6) is 0.733. The normalized spacial score (nSPS) is 11.2. The predicted molar refractivity (Wildman–Crippen MR) is 88.6 cm³/mol. The van der Waals surface area contributed by atoms with E-state index in [-0.39, 0.29) is 5.82 Å². The van der Waals surface area contributed by atoms with Crippen LogP contribution in [0.1, 0.15) is 5.82 Å². The van der Waals surface area contributed by atoms with Gasteiger partial charge in [-0.2, -0.15) is 0 Å². The number of aromatic nitrogens is 3. The van der Waals surface area contributed by atoms with Gasteiger partial charge < -0.3 is 0 Å². The number of benzene rings is 1. The van der Waals surface area contributed by atoms with Crippen LogP contribution in [0.3, 0.4) is 0 Å². The van der Waals surface area contributed by atoms with Crippen molar-refractivity contribution in [1.82, 2.24) is 14.5 Å². The first-order valence-corrected chi connectivity index (χ1v) is 8.27. The average Bonchev–Trinajstić information content (AvgIpc) is 2.77. The molecule has 108 valence electrons. The van der Waals surface area contributed by atoms with Gasteiger partial charge in [0, 0.05) is 27.4 Å². The lowest BCUT2D eigenvalue weighted by Gasteiger charge is -2.11. The van der Waals surface area contributed by atoms with Crippen molar-refractivity contribution in [3.8, 4) is 5.69 Å². The third-order valence-electron chi connectivity index (χ3n) is 3.01. The molecule has 2 aromatic heterocycles. The van der Waals surface area contributed by atoms with Crippen molar-refractivity contribution in [2.45, 2.75) is 6.42 Å². The van der Waals surface area contributed by atoms with E-state index in [1.165, 1.54) is 6.07 Å². The lowest BCUT2D eigenvalue weighted by Crippen LogP contribution is -2.06. The fourth-order valence-electron chi connectivity index (χ4n) is 2.18. The molecule has 0 unspecified atom stereocenters. The van der Waals surface area contributed by atoms with Crippen molar-refractivity contribution in [3.63, 3.8) is 0 Å². The number of imidazole rings is 1. The van der Waals surface area contributed by atoms with Gasteiger partial charge in [-0.3, -0.25) is 4.57 Å². The molecule has 0 radical (unpaired) electrons. The third-order valence-corrected chi connectivity index (χ3v) is 4.28. The zero-order valence-corrected chi connectivity index (χ0v) is 14.6. The van der Waals surface area contributed by atoms with Crippen LogP contribution in [0.2, 0.25) is 0 Å². The number of pyridine rings is 1. The van der Waals surface area contributed by atoms with Crippen molar-refractivity contribution in [2.75, 3.05) is 5.88 Å². The molecule has 3 nitrogen and oxygen atoms in total. The summed E-state index contributed by atoms with van der Waals surface area (Å²) in [6, 6.07) is 6.70. The van der Waals surface area contributed by atoms with Crippen LogP contribution < -0.4 is 0 Å². The summed E-state index contributed by atoms with van der Waals surface area (Å²) >= 11 is 12.6. The lowest BCUT2D eigenvalue weighted by atomic mass is 10.3. The zero-order valence-electron chi connectivity index (χ0n) is 10.7. The minimum Gasteiger partial charge on any atom is -0.277 e. The van der Waals surface area contributed by atoms with E-state index in [1.807, 2.05) is 6.07 Å². The quantitative estimate of drug-likeness (QED) is 0.552. The highest BCUT2D eigenvalue weighted by Crippen LogP contribution is 2.29. The molecule has 1 aromatic carbocycles. The van der Waals surface area contributed by atoms with Gasteiger partial charge in [-0.15, -0.1) is 11.6 Å². The smallest absolute Gasteiger partial charge is 0.164 e. The van der Waals surface area contributed by atoms with Gasteiger partial charge in [0.1, 0.15) is 17.2 Å². The molecular formula is C14H9Br2ClFN3. The first-order valence-electron chi connectivity index (χ1n) is 6.15. The van der Waals surface area contributed by atoms with E-state index in [0.717, 1.165) is 4.47 Å². The summed E-state index contributed by atoms with van der Waals surface area (Å²) in [5, 5.41) is 0. The largest absolute Gasteiger partial charge is 0.277 e. The second-order valence-corrected chi connectivity index (χ2v) is 6.52. The molecular weight excluding hydrogens is 424 g/mol. The van der Waals surface area contributed by atoms with Gasteiger partial charge in [0.05, 0.1) is 5.69 Å². The van der Waals surface area contributed by atoms with Gasteiger partial charge in [-0.25, -0.2) is 14.4 Å². The Bertz CT molecular complexity index is 799. The average molecular weight is 434 g/mol. The molecule has 3 rings (SSSR count). The van der Waals surface area contributed by atoms with Gasteiger partial charge in [0.25, 0.3) is 0 Å². The first-order chi connectivity index (χ1) is 10.1. The van der Waals surface area contributed by atoms with Crippen molar-refractivity contribution in [2.24, 2.45) is 0 Å². The summed E-state index contributed by atoms with van der Waals surface area (Å²) in [6.45, 7) is 0. The fraction of sp³-hybridized carbons (Fsp3) is 0.143. The van der Waals surface area contributed by atoms with Crippen LogP contribution in [-0.4, -0.2) is 20.4 Å². The third kappa shape index (κ3) is 2.72. The molecule has 0 atom stereocenters. The van der Waals surface area contributed by atoms with Gasteiger partial charge >= 0.3 is 0 Å². The highest BCUT2D eigenvalue weighted by Gasteiger charge is 2.18. The van der Waals surface area contributed by atoms with Gasteiger partial charge in [-0.05, 0) is 50.1 Å². The predicted octanol–water partition coefficient (Wildman–Crippen LogP) is 4.87. The first kappa shape index (κ1) is 14.9. The maximum Gasteiger partial charge on any atom is 0.164 e. The molecule has 0 aliphatic heterocycles. The molecule has 0 amide bonds. The van der Waals surface area contributed by atoms with Crippen LogP contribution >= 0.6 is 43.5 Å². The summed E-state index contributed by atoms with van der Waals surface area (Å²) in [4.78, 5) is 8.89. The van der Waals surface area contributed by atoms with Gasteiger partial charge in [0.15, 0.2) is 5.65 Å². The van der Waals surface area contributed by atoms with Crippen molar-refractivity contribution in [3.05, 3.63) is 51.0 Å². The number of hydrogen-bond acceptors (Lipinski definition) is 2. The topological polar surface area (TPSA) is 30.7 Å². The SMILES string of the molecule is Fc1cccc(Br)c1-n1c(CCCl)nc2cc(Br)cnc21. The van der Waals surface area contributed by atoms with Crippen LogP contribution in [0.15, 0.2) is 39.4 Å². The maximum absolute atomic E-state index is 14.3. The van der Waals surface area contributed by atoms with Crippen LogP contribution in [0.25, 0.3) is 16.9 Å². The number of hydrogen-bond donors (Lipinski definition) is 0. The van der Waals surface area contributed by atoms with Crippen molar-refractivity contribution >= 4 is 54.6 Å². The van der Waals surface area contributed by atoms with E-state index >= 15 is 0 Å². The molecule has 0 fully saturated rings. The van der Waals surface area contributed by atoms with E-state index < -0.39 is 0 Å². The van der Waals surface area contributed by atoms with E-state index in [2.05, 4.69) is 41.8 Å². The monoisotopic (exact) mass is 431 g/mol.